The molecule has 0 bridgehead atoms. The van der Waals surface area contributed by atoms with Gasteiger partial charge in [-0.1, -0.05) is 53.4 Å². The van der Waals surface area contributed by atoms with Crippen LogP contribution in [-0.4, -0.2) is 33.7 Å². The molecule has 0 aliphatic heterocycles. The van der Waals surface area contributed by atoms with Crippen molar-refractivity contribution >= 4 is 21.4 Å². The van der Waals surface area contributed by atoms with Gasteiger partial charge in [-0.3, -0.25) is 13.9 Å². The van der Waals surface area contributed by atoms with Crippen LogP contribution in [0, 0.1) is 10.8 Å². The minimum atomic E-state index is -4.69. The zero-order valence-electron chi connectivity index (χ0n) is 20.7. The van der Waals surface area contributed by atoms with Gasteiger partial charge in [0, 0.05) is 12.8 Å². The van der Waals surface area contributed by atoms with E-state index in [1.807, 2.05) is 27.7 Å². The van der Waals surface area contributed by atoms with E-state index in [0.29, 0.717) is 12.8 Å². The van der Waals surface area contributed by atoms with Crippen LogP contribution in [0.5, 0.6) is 0 Å². The summed E-state index contributed by atoms with van der Waals surface area (Å²) in [5, 5.41) is 0. The minimum Gasteiger partial charge on any atom is -0.756 e. The number of phosphoric ester groups is 2. The molecule has 196 valence electrons. The van der Waals surface area contributed by atoms with Crippen LogP contribution in [0.25, 0.3) is 0 Å². The molecule has 32 heavy (non-hydrogen) atoms. The third kappa shape index (κ3) is 24.5. The molecule has 0 aromatic carbocycles. The molecule has 0 saturated carbocycles. The summed E-state index contributed by atoms with van der Waals surface area (Å²) in [6.45, 7) is 7.45. The Labute approximate surface area is 192 Å². The Bertz CT molecular complexity index is 554. The molecule has 0 aromatic rings. The first-order valence-corrected chi connectivity index (χ1v) is 13.4. The zero-order valence-corrected chi connectivity index (χ0v) is 22.5. The average molecular weight is 510 g/mol. The van der Waals surface area contributed by atoms with E-state index in [0.717, 1.165) is 51.4 Å². The largest absolute Gasteiger partial charge is 0.756 e. The third-order valence-electron chi connectivity index (χ3n) is 4.86. The SMILES string of the molecule is CC(C)(CCCCCC(=O)CCCCCC(C)(C)COP(=O)(O)O)COP(=O)([O-])O.[NH4+].[NH4+]. The maximum absolute atomic E-state index is 12.0. The van der Waals surface area contributed by atoms with Crippen LogP contribution in [0.3, 0.4) is 0 Å². The van der Waals surface area contributed by atoms with E-state index < -0.39 is 15.6 Å². The molecule has 0 amide bonds. The van der Waals surface area contributed by atoms with Crippen molar-refractivity contribution in [2.24, 2.45) is 10.8 Å². The number of unbranched alkanes of at least 4 members (excludes halogenated alkanes) is 4. The molecule has 0 saturated heterocycles. The van der Waals surface area contributed by atoms with Gasteiger partial charge in [-0.2, -0.15) is 0 Å². The summed E-state index contributed by atoms with van der Waals surface area (Å²) in [5.41, 5.74) is -0.692. The molecule has 0 fully saturated rings. The monoisotopic (exact) mass is 509 g/mol. The van der Waals surface area contributed by atoms with Gasteiger partial charge < -0.3 is 36.4 Å². The summed E-state index contributed by atoms with van der Waals surface area (Å²) < 4.78 is 30.5. The molecule has 0 aliphatic carbocycles. The Balaban J connectivity index is -0.00000420. The fraction of sp³-hybridized carbons (Fsp3) is 0.947. The number of ketones is 1. The van der Waals surface area contributed by atoms with Crippen LogP contribution in [-0.2, 0) is 23.0 Å². The van der Waals surface area contributed by atoms with Gasteiger partial charge in [0.25, 0.3) is 7.82 Å². The van der Waals surface area contributed by atoms with Crippen LogP contribution in [0.15, 0.2) is 0 Å². The highest BCUT2D eigenvalue weighted by molar-refractivity contribution is 7.46. The lowest BCUT2D eigenvalue weighted by Crippen LogP contribution is -2.20. The van der Waals surface area contributed by atoms with E-state index in [4.69, 9.17) is 14.7 Å². The van der Waals surface area contributed by atoms with E-state index in [-0.39, 0.29) is 42.1 Å². The van der Waals surface area contributed by atoms with E-state index in [9.17, 15) is 18.8 Å². The first-order chi connectivity index (χ1) is 13.5. The van der Waals surface area contributed by atoms with Crippen molar-refractivity contribution in [1.29, 1.82) is 0 Å². The molecule has 0 aliphatic rings. The van der Waals surface area contributed by atoms with Crippen LogP contribution in [0.4, 0.5) is 0 Å². The maximum atomic E-state index is 12.0. The summed E-state index contributed by atoms with van der Waals surface area (Å²) >= 11 is 0. The van der Waals surface area contributed by atoms with E-state index in [1.54, 1.807) is 0 Å². The fourth-order valence-electron chi connectivity index (χ4n) is 2.99. The Hall–Kier alpha value is -0.190. The number of hydrogen-bond donors (Lipinski definition) is 5. The zero-order chi connectivity index (χ0) is 23.5. The molecule has 0 spiro atoms. The molecular formula is C19H47N2O9P2+. The number of phosphoric acid groups is 2. The van der Waals surface area contributed by atoms with Crippen molar-refractivity contribution in [2.75, 3.05) is 13.2 Å². The van der Waals surface area contributed by atoms with Gasteiger partial charge in [0.2, 0.25) is 0 Å². The quantitative estimate of drug-likeness (QED) is 0.125. The molecule has 1 unspecified atom stereocenters. The molecule has 11 nitrogen and oxygen atoms in total. The van der Waals surface area contributed by atoms with Crippen LogP contribution >= 0.6 is 15.6 Å². The fourth-order valence-corrected chi connectivity index (χ4v) is 4.02. The van der Waals surface area contributed by atoms with Gasteiger partial charge in [-0.25, -0.2) is 4.57 Å². The molecule has 0 rings (SSSR count). The van der Waals surface area contributed by atoms with Gasteiger partial charge in [-0.15, -0.1) is 0 Å². The molecule has 0 heterocycles. The van der Waals surface area contributed by atoms with Gasteiger partial charge in [0.15, 0.2) is 0 Å². The van der Waals surface area contributed by atoms with Gasteiger partial charge in [0.1, 0.15) is 5.78 Å². The average Bonchev–Trinajstić information content (AvgIpc) is 2.57. The topological polar surface area (TPSA) is 226 Å². The molecular weight excluding hydrogens is 462 g/mol. The lowest BCUT2D eigenvalue weighted by Gasteiger charge is -2.27. The van der Waals surface area contributed by atoms with Crippen molar-refractivity contribution in [3.05, 3.63) is 0 Å². The van der Waals surface area contributed by atoms with Crippen LogP contribution in [0.2, 0.25) is 0 Å². The highest BCUT2D eigenvalue weighted by Crippen LogP contribution is 2.39. The number of carbonyl (C=O) groups excluding carboxylic acids is 1. The maximum Gasteiger partial charge on any atom is 0.469 e. The van der Waals surface area contributed by atoms with Crippen molar-refractivity contribution < 1.29 is 42.5 Å². The second-order valence-corrected chi connectivity index (χ2v) is 11.9. The van der Waals surface area contributed by atoms with Crippen LogP contribution < -0.4 is 17.2 Å². The Kier molecular flexibility index (Phi) is 18.7. The highest BCUT2D eigenvalue weighted by Gasteiger charge is 2.23. The van der Waals surface area contributed by atoms with Gasteiger partial charge in [0.05, 0.1) is 13.2 Å². The van der Waals surface area contributed by atoms with E-state index >= 15 is 0 Å². The predicted octanol–water partition coefficient (Wildman–Crippen LogP) is 4.85. The standard InChI is InChI=1S/C19H40O9P2.2H3N/c1-18(2,15-27-29(21,22)23)13-9-5-7-11-17(20)12-8-6-10-14-19(3,4)16-28-30(24,25)26;;/h5-16H2,1-4H3,(H2,21,22,23)(H2,24,25,26);2*1H3/p+1. The summed E-state index contributed by atoms with van der Waals surface area (Å²) in [6.07, 6.45) is 7.64. The lowest BCUT2D eigenvalue weighted by molar-refractivity contribution is -0.222. The first kappa shape index (κ1) is 36.4. The van der Waals surface area contributed by atoms with Crippen molar-refractivity contribution in [3.8, 4) is 0 Å². The molecule has 13 heteroatoms. The van der Waals surface area contributed by atoms with Crippen molar-refractivity contribution in [3.63, 3.8) is 0 Å². The summed E-state index contributed by atoms with van der Waals surface area (Å²) in [5.74, 6) is 0.231. The third-order valence-corrected chi connectivity index (χ3v) is 5.78. The number of carbonyl (C=O) groups is 1. The number of rotatable bonds is 18. The van der Waals surface area contributed by atoms with E-state index in [1.165, 1.54) is 0 Å². The second kappa shape index (κ2) is 16.4. The molecule has 0 aromatic heterocycles. The Morgan fingerprint density at radius 1 is 0.750 bits per heavy atom. The molecule has 11 N–H and O–H groups in total. The summed E-state index contributed by atoms with van der Waals surface area (Å²) in [6, 6.07) is 0. The molecule has 1 atom stereocenters. The minimum absolute atomic E-state index is 0. The lowest BCUT2D eigenvalue weighted by atomic mass is 9.87. The number of quaternary nitrogens is 2. The first-order valence-electron chi connectivity index (χ1n) is 10.4. The normalized spacial score (nSPS) is 14.2. The Morgan fingerprint density at radius 2 is 1.12 bits per heavy atom. The molecule has 0 radical (unpaired) electrons. The van der Waals surface area contributed by atoms with E-state index in [2.05, 4.69) is 9.05 Å². The van der Waals surface area contributed by atoms with Crippen LogP contribution in [0.1, 0.15) is 91.9 Å². The second-order valence-electron chi connectivity index (χ2n) is 9.49. The summed E-state index contributed by atoms with van der Waals surface area (Å²) in [4.78, 5) is 48.8. The highest BCUT2D eigenvalue weighted by atomic mass is 31.2. The van der Waals surface area contributed by atoms with Gasteiger partial charge >= 0.3 is 7.82 Å². The predicted molar refractivity (Wildman–Crippen MR) is 124 cm³/mol. The number of hydrogen-bond acceptors (Lipinski definition) is 6. The van der Waals surface area contributed by atoms with Gasteiger partial charge in [-0.05, 0) is 36.5 Å². The smallest absolute Gasteiger partial charge is 0.469 e. The van der Waals surface area contributed by atoms with Crippen molar-refractivity contribution in [2.45, 2.75) is 91.9 Å². The van der Waals surface area contributed by atoms with Crippen molar-refractivity contribution in [1.82, 2.24) is 12.3 Å². The Morgan fingerprint density at radius 3 is 1.47 bits per heavy atom. The summed E-state index contributed by atoms with van der Waals surface area (Å²) in [7, 11) is -9.13. The number of Topliss-reactive ketones (excluding diaryl/α,β-unsaturated/α-hetero) is 1.